The van der Waals surface area contributed by atoms with Crippen LogP contribution in [0.2, 0.25) is 0 Å². The van der Waals surface area contributed by atoms with Crippen LogP contribution >= 0.6 is 0 Å². The number of aromatic nitrogens is 2. The number of ether oxygens (including phenoxy) is 1. The zero-order valence-electron chi connectivity index (χ0n) is 15.8. The molecule has 26 heavy (non-hydrogen) atoms. The van der Waals surface area contributed by atoms with Crippen LogP contribution in [-0.2, 0) is 6.42 Å². The van der Waals surface area contributed by atoms with E-state index in [1.165, 1.54) is 31.2 Å². The van der Waals surface area contributed by atoms with E-state index in [9.17, 15) is 4.79 Å². The van der Waals surface area contributed by atoms with Crippen LogP contribution in [0.4, 0.5) is 0 Å². The molecule has 0 aliphatic heterocycles. The molecule has 1 aromatic heterocycles. The van der Waals surface area contributed by atoms with E-state index >= 15 is 0 Å². The number of Topliss-reactive ketones (excluding diaryl/α,β-unsaturated/α-hetero) is 1. The Hall–Kier alpha value is -2.23. The highest BCUT2D eigenvalue weighted by Crippen LogP contribution is 2.35. The fourth-order valence-corrected chi connectivity index (χ4v) is 3.51. The van der Waals surface area contributed by atoms with Crippen molar-refractivity contribution in [2.24, 2.45) is 5.92 Å². The van der Waals surface area contributed by atoms with E-state index in [0.717, 1.165) is 17.9 Å². The van der Waals surface area contributed by atoms with Gasteiger partial charge in [0.1, 0.15) is 5.82 Å². The van der Waals surface area contributed by atoms with Gasteiger partial charge in [0.25, 0.3) is 0 Å². The van der Waals surface area contributed by atoms with E-state index in [1.54, 1.807) is 12.4 Å². The zero-order chi connectivity index (χ0) is 18.4. The number of ketones is 1. The smallest absolute Gasteiger partial charge is 0.170 e. The van der Waals surface area contributed by atoms with Gasteiger partial charge in [-0.1, -0.05) is 51.0 Å². The van der Waals surface area contributed by atoms with E-state index in [1.807, 2.05) is 19.1 Å². The lowest BCUT2D eigenvalue weighted by molar-refractivity contribution is 0.0990. The normalized spacial score (nSPS) is 19.9. The van der Waals surface area contributed by atoms with E-state index in [0.29, 0.717) is 24.1 Å². The number of hydrogen-bond donors (Lipinski definition) is 0. The van der Waals surface area contributed by atoms with Crippen LogP contribution < -0.4 is 4.74 Å². The molecule has 1 aromatic carbocycles. The predicted molar refractivity (Wildman–Crippen MR) is 103 cm³/mol. The van der Waals surface area contributed by atoms with Gasteiger partial charge in [0.2, 0.25) is 0 Å². The highest BCUT2D eigenvalue weighted by Gasteiger charge is 2.20. The van der Waals surface area contributed by atoms with Gasteiger partial charge in [-0.05, 0) is 36.7 Å². The molecule has 0 bridgehead atoms. The van der Waals surface area contributed by atoms with E-state index in [-0.39, 0.29) is 12.2 Å². The Bertz CT molecular complexity index is 702. The van der Waals surface area contributed by atoms with Crippen molar-refractivity contribution in [1.29, 1.82) is 0 Å². The Morgan fingerprint density at radius 2 is 1.73 bits per heavy atom. The fourth-order valence-electron chi connectivity index (χ4n) is 3.51. The molecule has 0 saturated heterocycles. The van der Waals surface area contributed by atoms with Gasteiger partial charge in [0.05, 0.1) is 25.4 Å². The summed E-state index contributed by atoms with van der Waals surface area (Å²) in [4.78, 5) is 21.0. The third kappa shape index (κ3) is 4.90. The van der Waals surface area contributed by atoms with Crippen molar-refractivity contribution in [2.75, 3.05) is 6.61 Å². The largest absolute Gasteiger partial charge is 0.490 e. The van der Waals surface area contributed by atoms with Crippen LogP contribution in [0.25, 0.3) is 0 Å². The van der Waals surface area contributed by atoms with Gasteiger partial charge >= 0.3 is 0 Å². The minimum Gasteiger partial charge on any atom is -0.490 e. The maximum atomic E-state index is 12.5. The summed E-state index contributed by atoms with van der Waals surface area (Å²) in [5.41, 5.74) is 2.09. The first-order valence-electron chi connectivity index (χ1n) is 9.72. The Balaban J connectivity index is 1.57. The topological polar surface area (TPSA) is 52.1 Å². The lowest BCUT2D eigenvalue weighted by Gasteiger charge is -2.26. The summed E-state index contributed by atoms with van der Waals surface area (Å²) in [6.07, 6.45) is 9.56. The number of benzene rings is 1. The van der Waals surface area contributed by atoms with Crippen molar-refractivity contribution in [2.45, 2.75) is 58.3 Å². The summed E-state index contributed by atoms with van der Waals surface area (Å²) in [6, 6.07) is 8.15. The number of carbonyl (C=O) groups is 1. The SMILES string of the molecule is CCCOc1cnc(CC(=O)c2ccc(C3CCC(C)CC3)cc2)nc1. The number of nitrogens with zero attached hydrogens (tertiary/aromatic N) is 2. The highest BCUT2D eigenvalue weighted by atomic mass is 16.5. The first-order chi connectivity index (χ1) is 12.7. The quantitative estimate of drug-likeness (QED) is 0.659. The third-order valence-corrected chi connectivity index (χ3v) is 5.19. The summed E-state index contributed by atoms with van der Waals surface area (Å²) in [6.45, 7) is 5.03. The summed E-state index contributed by atoms with van der Waals surface area (Å²) in [7, 11) is 0. The molecule has 138 valence electrons. The Morgan fingerprint density at radius 3 is 2.35 bits per heavy atom. The van der Waals surface area contributed by atoms with Crippen molar-refractivity contribution in [3.8, 4) is 5.75 Å². The van der Waals surface area contributed by atoms with Gasteiger partial charge in [-0.25, -0.2) is 9.97 Å². The summed E-state index contributed by atoms with van der Waals surface area (Å²) >= 11 is 0. The van der Waals surface area contributed by atoms with Gasteiger partial charge < -0.3 is 4.74 Å². The number of rotatable bonds is 7. The van der Waals surface area contributed by atoms with Crippen molar-refractivity contribution < 1.29 is 9.53 Å². The number of hydrogen-bond acceptors (Lipinski definition) is 4. The monoisotopic (exact) mass is 352 g/mol. The molecule has 1 fully saturated rings. The molecule has 1 aliphatic rings. The predicted octanol–water partition coefficient (Wildman–Crippen LogP) is 4.98. The molecule has 1 heterocycles. The molecule has 0 unspecified atom stereocenters. The minimum atomic E-state index is 0.0519. The van der Waals surface area contributed by atoms with Gasteiger partial charge in [0.15, 0.2) is 11.5 Å². The second-order valence-electron chi connectivity index (χ2n) is 7.36. The first-order valence-corrected chi connectivity index (χ1v) is 9.72. The molecule has 0 atom stereocenters. The standard InChI is InChI=1S/C22H28N2O2/c1-3-12-26-20-14-23-22(24-15-20)13-21(25)19-10-8-18(9-11-19)17-6-4-16(2)5-7-17/h8-11,14-17H,3-7,12-13H2,1-2H3. The molecule has 2 aromatic rings. The Kier molecular flexibility index (Phi) is 6.37. The van der Waals surface area contributed by atoms with Gasteiger partial charge in [-0.15, -0.1) is 0 Å². The van der Waals surface area contributed by atoms with Crippen LogP contribution in [-0.4, -0.2) is 22.4 Å². The fraction of sp³-hybridized carbons (Fsp3) is 0.500. The maximum Gasteiger partial charge on any atom is 0.170 e. The van der Waals surface area contributed by atoms with Gasteiger partial charge in [-0.2, -0.15) is 0 Å². The van der Waals surface area contributed by atoms with Crippen LogP contribution in [0.5, 0.6) is 5.75 Å². The molecule has 0 amide bonds. The lowest BCUT2D eigenvalue weighted by Crippen LogP contribution is -2.11. The third-order valence-electron chi connectivity index (χ3n) is 5.19. The molecule has 0 radical (unpaired) electrons. The van der Waals surface area contributed by atoms with Crippen LogP contribution in [0.3, 0.4) is 0 Å². The molecule has 0 spiro atoms. The average molecular weight is 352 g/mol. The van der Waals surface area contributed by atoms with Crippen molar-refractivity contribution >= 4 is 5.78 Å². The lowest BCUT2D eigenvalue weighted by atomic mass is 9.79. The summed E-state index contributed by atoms with van der Waals surface area (Å²) in [5.74, 6) is 2.73. The van der Waals surface area contributed by atoms with Crippen LogP contribution in [0, 0.1) is 5.92 Å². The molecule has 1 saturated carbocycles. The highest BCUT2D eigenvalue weighted by molar-refractivity contribution is 5.97. The number of carbonyl (C=O) groups excluding carboxylic acids is 1. The maximum absolute atomic E-state index is 12.5. The second kappa shape index (κ2) is 8.93. The van der Waals surface area contributed by atoms with Gasteiger partial charge in [-0.3, -0.25) is 4.79 Å². The summed E-state index contributed by atoms with van der Waals surface area (Å²) < 4.78 is 5.47. The molecular weight excluding hydrogens is 324 g/mol. The molecule has 1 aliphatic carbocycles. The van der Waals surface area contributed by atoms with Crippen molar-refractivity contribution in [3.63, 3.8) is 0 Å². The molecular formula is C22H28N2O2. The molecule has 4 heteroatoms. The minimum absolute atomic E-state index is 0.0519. The van der Waals surface area contributed by atoms with Gasteiger partial charge in [0, 0.05) is 5.56 Å². The van der Waals surface area contributed by atoms with Crippen molar-refractivity contribution in [1.82, 2.24) is 9.97 Å². The van der Waals surface area contributed by atoms with E-state index in [4.69, 9.17) is 4.74 Å². The van der Waals surface area contributed by atoms with Crippen LogP contribution in [0.1, 0.15) is 73.6 Å². The molecule has 3 rings (SSSR count). The average Bonchev–Trinajstić information content (AvgIpc) is 2.68. The Labute approximate surface area is 156 Å². The first kappa shape index (κ1) is 18.6. The van der Waals surface area contributed by atoms with E-state index < -0.39 is 0 Å². The van der Waals surface area contributed by atoms with Crippen molar-refractivity contribution in [3.05, 3.63) is 53.6 Å². The zero-order valence-corrected chi connectivity index (χ0v) is 15.8. The summed E-state index contributed by atoms with van der Waals surface area (Å²) in [5, 5.41) is 0. The Morgan fingerprint density at radius 1 is 1.08 bits per heavy atom. The second-order valence-corrected chi connectivity index (χ2v) is 7.36. The molecule has 0 N–H and O–H groups in total. The molecule has 4 nitrogen and oxygen atoms in total. The van der Waals surface area contributed by atoms with E-state index in [2.05, 4.69) is 29.0 Å². The van der Waals surface area contributed by atoms with Crippen LogP contribution in [0.15, 0.2) is 36.7 Å².